The molecular weight excluding hydrogens is 246 g/mol. The summed E-state index contributed by atoms with van der Waals surface area (Å²) < 4.78 is 0. The number of aromatic amines is 1. The van der Waals surface area contributed by atoms with Crippen molar-refractivity contribution in [1.29, 1.82) is 0 Å². The van der Waals surface area contributed by atoms with Gasteiger partial charge in [-0.2, -0.15) is 5.10 Å². The molecule has 0 saturated heterocycles. The molecule has 19 heavy (non-hydrogen) atoms. The van der Waals surface area contributed by atoms with E-state index in [0.717, 1.165) is 0 Å². The molecule has 100 valence electrons. The van der Waals surface area contributed by atoms with Crippen LogP contribution < -0.4 is 5.32 Å². The van der Waals surface area contributed by atoms with Crippen molar-refractivity contribution in [2.24, 2.45) is 0 Å². The maximum atomic E-state index is 12.1. The first-order chi connectivity index (χ1) is 9.10. The van der Waals surface area contributed by atoms with Crippen LogP contribution in [0.3, 0.4) is 0 Å². The molecule has 0 spiro atoms. The fraction of sp³-hybridized carbons (Fsp3) is 0.364. The Morgan fingerprint density at radius 1 is 1.42 bits per heavy atom. The highest BCUT2D eigenvalue weighted by atomic mass is 16.2. The Kier molecular flexibility index (Phi) is 3.69. The number of amides is 1. The number of carbonyl (C=O) groups is 1. The second-order valence-corrected chi connectivity index (χ2v) is 4.05. The van der Waals surface area contributed by atoms with Crippen LogP contribution in [0.1, 0.15) is 22.1 Å². The number of rotatable bonds is 4. The zero-order valence-electron chi connectivity index (χ0n) is 11.0. The number of aromatic nitrogens is 5. The summed E-state index contributed by atoms with van der Waals surface area (Å²) in [6, 6.07) is 3.33. The summed E-state index contributed by atoms with van der Waals surface area (Å²) in [5.41, 5.74) is 0.286. The molecule has 0 fully saturated rings. The maximum absolute atomic E-state index is 12.1. The van der Waals surface area contributed by atoms with Crippen molar-refractivity contribution in [3.63, 3.8) is 0 Å². The summed E-state index contributed by atoms with van der Waals surface area (Å²) >= 11 is 0. The lowest BCUT2D eigenvalue weighted by atomic mass is 10.3. The normalized spacial score (nSPS) is 10.3. The van der Waals surface area contributed by atoms with Crippen LogP contribution in [0.25, 0.3) is 0 Å². The molecule has 0 aromatic carbocycles. The first kappa shape index (κ1) is 12.9. The number of hydrogen-bond donors (Lipinski definition) is 2. The van der Waals surface area contributed by atoms with Crippen molar-refractivity contribution in [2.45, 2.75) is 13.5 Å². The minimum Gasteiger partial charge on any atom is -0.372 e. The van der Waals surface area contributed by atoms with E-state index in [9.17, 15) is 4.79 Å². The van der Waals surface area contributed by atoms with Gasteiger partial charge < -0.3 is 10.2 Å². The number of hydrogen-bond acceptors (Lipinski definition) is 6. The third kappa shape index (κ3) is 3.03. The quantitative estimate of drug-likeness (QED) is 0.816. The van der Waals surface area contributed by atoms with E-state index in [0.29, 0.717) is 24.0 Å². The minimum atomic E-state index is -0.224. The molecule has 2 aromatic heterocycles. The SMILES string of the molecule is CNc1ccc(C(=O)N(C)Cc2n[nH]c(C)n2)nn1. The Bertz CT molecular complexity index is 563. The summed E-state index contributed by atoms with van der Waals surface area (Å²) in [7, 11) is 3.41. The smallest absolute Gasteiger partial charge is 0.274 e. The highest BCUT2D eigenvalue weighted by Crippen LogP contribution is 2.05. The minimum absolute atomic E-state index is 0.224. The van der Waals surface area contributed by atoms with Crippen LogP contribution in [0.5, 0.6) is 0 Å². The molecule has 2 aromatic rings. The average molecular weight is 261 g/mol. The summed E-state index contributed by atoms with van der Waals surface area (Å²) in [5.74, 6) is 1.67. The Balaban J connectivity index is 2.05. The highest BCUT2D eigenvalue weighted by Gasteiger charge is 2.15. The molecule has 2 heterocycles. The monoisotopic (exact) mass is 261 g/mol. The molecule has 0 aliphatic heterocycles. The first-order valence-electron chi connectivity index (χ1n) is 5.75. The Morgan fingerprint density at radius 2 is 2.21 bits per heavy atom. The molecule has 8 heteroatoms. The van der Waals surface area contributed by atoms with Gasteiger partial charge in [-0.3, -0.25) is 9.89 Å². The second kappa shape index (κ2) is 5.42. The van der Waals surface area contributed by atoms with Gasteiger partial charge in [0.2, 0.25) is 0 Å². The molecule has 2 N–H and O–H groups in total. The van der Waals surface area contributed by atoms with Gasteiger partial charge in [-0.15, -0.1) is 10.2 Å². The zero-order chi connectivity index (χ0) is 13.8. The van der Waals surface area contributed by atoms with Gasteiger partial charge >= 0.3 is 0 Å². The molecule has 2 rings (SSSR count). The van der Waals surface area contributed by atoms with E-state index in [2.05, 4.69) is 30.7 Å². The van der Waals surface area contributed by atoms with Gasteiger partial charge in [-0.05, 0) is 19.1 Å². The lowest BCUT2D eigenvalue weighted by Gasteiger charge is -2.14. The fourth-order valence-electron chi connectivity index (χ4n) is 1.52. The predicted octanol–water partition coefficient (Wildman–Crippen LogP) is 0.217. The summed E-state index contributed by atoms with van der Waals surface area (Å²) in [6.07, 6.45) is 0. The van der Waals surface area contributed by atoms with Crippen molar-refractivity contribution in [3.8, 4) is 0 Å². The van der Waals surface area contributed by atoms with Crippen LogP contribution in [-0.4, -0.2) is 50.3 Å². The standard InChI is InChI=1S/C11H15N7O/c1-7-13-10(17-14-7)6-18(3)11(19)8-4-5-9(12-2)16-15-8/h4-5H,6H2,1-3H3,(H,12,16)(H,13,14,17). The average Bonchev–Trinajstić information content (AvgIpc) is 2.83. The van der Waals surface area contributed by atoms with Gasteiger partial charge in [-0.25, -0.2) is 4.98 Å². The first-order valence-corrected chi connectivity index (χ1v) is 5.75. The van der Waals surface area contributed by atoms with Gasteiger partial charge in [0, 0.05) is 14.1 Å². The molecule has 0 unspecified atom stereocenters. The number of anilines is 1. The van der Waals surface area contributed by atoms with Crippen LogP contribution in [0.2, 0.25) is 0 Å². The van der Waals surface area contributed by atoms with Crippen LogP contribution in [0, 0.1) is 6.92 Å². The molecule has 0 atom stereocenters. The van der Waals surface area contributed by atoms with E-state index in [4.69, 9.17) is 0 Å². The van der Waals surface area contributed by atoms with Gasteiger partial charge in [0.1, 0.15) is 11.6 Å². The molecule has 8 nitrogen and oxygen atoms in total. The topological polar surface area (TPSA) is 99.7 Å². The van der Waals surface area contributed by atoms with Crippen molar-refractivity contribution in [3.05, 3.63) is 29.5 Å². The molecule has 0 aliphatic rings. The molecule has 0 bridgehead atoms. The van der Waals surface area contributed by atoms with Gasteiger partial charge in [0.25, 0.3) is 5.91 Å². The fourth-order valence-corrected chi connectivity index (χ4v) is 1.52. The third-order valence-electron chi connectivity index (χ3n) is 2.51. The summed E-state index contributed by atoms with van der Waals surface area (Å²) in [6.45, 7) is 2.12. The van der Waals surface area contributed by atoms with E-state index in [1.165, 1.54) is 4.90 Å². The van der Waals surface area contributed by atoms with E-state index in [1.807, 2.05) is 0 Å². The van der Waals surface area contributed by atoms with E-state index in [1.54, 1.807) is 33.2 Å². The van der Waals surface area contributed by atoms with E-state index < -0.39 is 0 Å². The largest absolute Gasteiger partial charge is 0.372 e. The number of H-pyrrole nitrogens is 1. The molecule has 1 amide bonds. The van der Waals surface area contributed by atoms with Crippen LogP contribution in [-0.2, 0) is 6.54 Å². The Morgan fingerprint density at radius 3 is 2.74 bits per heavy atom. The Hall–Kier alpha value is -2.51. The zero-order valence-corrected chi connectivity index (χ0v) is 11.0. The van der Waals surface area contributed by atoms with E-state index in [-0.39, 0.29) is 11.6 Å². The number of carbonyl (C=O) groups excluding carboxylic acids is 1. The van der Waals surface area contributed by atoms with Crippen molar-refractivity contribution in [1.82, 2.24) is 30.3 Å². The molecule has 0 saturated carbocycles. The lowest BCUT2D eigenvalue weighted by molar-refractivity contribution is 0.0774. The van der Waals surface area contributed by atoms with Crippen LogP contribution in [0.4, 0.5) is 5.82 Å². The number of nitrogens with zero attached hydrogens (tertiary/aromatic N) is 5. The van der Waals surface area contributed by atoms with Gasteiger partial charge in [0.05, 0.1) is 6.54 Å². The van der Waals surface area contributed by atoms with Crippen molar-refractivity contribution in [2.75, 3.05) is 19.4 Å². The third-order valence-corrected chi connectivity index (χ3v) is 2.51. The second-order valence-electron chi connectivity index (χ2n) is 4.05. The predicted molar refractivity (Wildman–Crippen MR) is 68.5 cm³/mol. The summed E-state index contributed by atoms with van der Waals surface area (Å²) in [4.78, 5) is 17.7. The highest BCUT2D eigenvalue weighted by molar-refractivity contribution is 5.91. The molecule has 0 radical (unpaired) electrons. The lowest BCUT2D eigenvalue weighted by Crippen LogP contribution is -2.27. The Labute approximate surface area is 110 Å². The molecular formula is C11H15N7O. The van der Waals surface area contributed by atoms with Crippen molar-refractivity contribution >= 4 is 11.7 Å². The molecule has 0 aliphatic carbocycles. The van der Waals surface area contributed by atoms with Gasteiger partial charge in [0.15, 0.2) is 11.5 Å². The maximum Gasteiger partial charge on any atom is 0.274 e. The number of aryl methyl sites for hydroxylation is 1. The van der Waals surface area contributed by atoms with Crippen molar-refractivity contribution < 1.29 is 4.79 Å². The summed E-state index contributed by atoms with van der Waals surface area (Å²) in [5, 5.41) is 17.3. The number of nitrogens with one attached hydrogen (secondary N) is 2. The van der Waals surface area contributed by atoms with Gasteiger partial charge in [-0.1, -0.05) is 0 Å². The van der Waals surface area contributed by atoms with Crippen LogP contribution in [0.15, 0.2) is 12.1 Å². The van der Waals surface area contributed by atoms with Crippen LogP contribution >= 0.6 is 0 Å². The van der Waals surface area contributed by atoms with E-state index >= 15 is 0 Å².